The van der Waals surface area contributed by atoms with E-state index < -0.39 is 0 Å². The van der Waals surface area contributed by atoms with Crippen LogP contribution in [0.15, 0.2) is 95.6 Å². The fourth-order valence-corrected chi connectivity index (χ4v) is 7.19. The molecule has 3 heteroatoms. The van der Waals surface area contributed by atoms with Crippen LogP contribution in [-0.2, 0) is 5.41 Å². The third kappa shape index (κ3) is 5.70. The van der Waals surface area contributed by atoms with Crippen LogP contribution in [-0.4, -0.2) is 4.98 Å². The van der Waals surface area contributed by atoms with Gasteiger partial charge in [-0.25, -0.2) is 0 Å². The van der Waals surface area contributed by atoms with E-state index >= 15 is 0 Å². The van der Waals surface area contributed by atoms with Crippen LogP contribution in [0.4, 0.5) is 17.1 Å². The molecule has 4 aromatic rings. The Labute approximate surface area is 243 Å². The summed E-state index contributed by atoms with van der Waals surface area (Å²) in [5.41, 5.74) is 8.91. The van der Waals surface area contributed by atoms with Gasteiger partial charge >= 0.3 is 0 Å². The normalized spacial score (nSPS) is 13.7. The van der Waals surface area contributed by atoms with Gasteiger partial charge in [-0.2, -0.15) is 0 Å². The molecule has 39 heavy (non-hydrogen) atoms. The predicted octanol–water partition coefficient (Wildman–Crippen LogP) is 11.5. The van der Waals surface area contributed by atoms with Crippen LogP contribution in [0.1, 0.15) is 89.2 Å². The number of pyridine rings is 1. The average Bonchev–Trinajstić information content (AvgIpc) is 2.98. The second-order valence-electron chi connectivity index (χ2n) is 11.0. The molecule has 0 amide bonds. The van der Waals surface area contributed by atoms with Gasteiger partial charge in [-0.1, -0.05) is 124 Å². The first-order chi connectivity index (χ1) is 19.2. The zero-order valence-electron chi connectivity index (χ0n) is 23.5. The van der Waals surface area contributed by atoms with Gasteiger partial charge in [0.25, 0.3) is 0 Å². The van der Waals surface area contributed by atoms with Crippen LogP contribution < -0.4 is 4.90 Å². The quantitative estimate of drug-likeness (QED) is 0.155. The third-order valence-electron chi connectivity index (χ3n) is 8.37. The number of unbranched alkanes of at least 4 members (excludes halogenated alkanes) is 6. The molecule has 2 heterocycles. The van der Waals surface area contributed by atoms with E-state index in [1.807, 2.05) is 18.3 Å². The van der Waals surface area contributed by atoms with Crippen molar-refractivity contribution in [2.45, 2.75) is 83.5 Å². The Morgan fingerprint density at radius 3 is 2.00 bits per heavy atom. The minimum absolute atomic E-state index is 0.0118. The van der Waals surface area contributed by atoms with Gasteiger partial charge in [0.1, 0.15) is 0 Å². The molecule has 1 aliphatic rings. The van der Waals surface area contributed by atoms with Crippen molar-refractivity contribution in [2.75, 3.05) is 4.90 Å². The topological polar surface area (TPSA) is 16.1 Å². The van der Waals surface area contributed by atoms with Crippen LogP contribution in [0.5, 0.6) is 0 Å². The van der Waals surface area contributed by atoms with Gasteiger partial charge in [0.2, 0.25) is 0 Å². The van der Waals surface area contributed by atoms with Crippen molar-refractivity contribution < 1.29 is 0 Å². The predicted molar refractivity (Wildman–Crippen MR) is 170 cm³/mol. The lowest BCUT2D eigenvalue weighted by Gasteiger charge is -2.46. The number of anilines is 3. The van der Waals surface area contributed by atoms with E-state index in [0.717, 1.165) is 11.3 Å². The smallest absolute Gasteiger partial charge is 0.0701 e. The van der Waals surface area contributed by atoms with Crippen LogP contribution in [0, 0.1) is 0 Å². The zero-order valence-corrected chi connectivity index (χ0v) is 25.1. The van der Waals surface area contributed by atoms with Crippen LogP contribution in [0.25, 0.3) is 11.3 Å². The van der Waals surface area contributed by atoms with Gasteiger partial charge in [-0.15, -0.1) is 0 Å². The monoisotopic (exact) mass is 580 g/mol. The summed E-state index contributed by atoms with van der Waals surface area (Å²) in [6.45, 7) is 4.61. The van der Waals surface area contributed by atoms with Gasteiger partial charge in [0, 0.05) is 32.9 Å². The highest BCUT2D eigenvalue weighted by molar-refractivity contribution is 9.10. The summed E-state index contributed by atoms with van der Waals surface area (Å²) < 4.78 is 1.23. The fraction of sp³-hybridized carbons (Fsp3) is 0.361. The third-order valence-corrected chi connectivity index (χ3v) is 9.03. The highest BCUT2D eigenvalue weighted by atomic mass is 79.9. The first kappa shape index (κ1) is 27.6. The molecule has 2 nitrogen and oxygen atoms in total. The number of para-hydroxylation sites is 1. The summed E-state index contributed by atoms with van der Waals surface area (Å²) in [4.78, 5) is 7.04. The Morgan fingerprint density at radius 1 is 0.667 bits per heavy atom. The molecule has 0 bridgehead atoms. The molecular weight excluding hydrogens is 540 g/mol. The Kier molecular flexibility index (Phi) is 9.19. The standard InChI is InChI=1S/C36H41BrN2/c1-3-5-7-12-25-36(26-13-8-6-4-2)30-16-9-10-19-33(30)39(34-20-15-17-31(37)35(34)36)29-23-21-28(22-24-29)32-18-11-14-27-38-32/h9-11,14-24,27H,3-8,12-13,25-26H2,1-2H3. The number of benzene rings is 3. The number of hydrogen-bond donors (Lipinski definition) is 0. The van der Waals surface area contributed by atoms with E-state index in [1.165, 1.54) is 96.9 Å². The van der Waals surface area contributed by atoms with Crippen molar-refractivity contribution in [3.63, 3.8) is 0 Å². The molecule has 0 radical (unpaired) electrons. The first-order valence-electron chi connectivity index (χ1n) is 14.9. The van der Waals surface area contributed by atoms with Crippen molar-refractivity contribution in [1.82, 2.24) is 4.98 Å². The maximum Gasteiger partial charge on any atom is 0.0701 e. The maximum atomic E-state index is 4.56. The SMILES string of the molecule is CCCCCCC1(CCCCCC)c2ccccc2N(c2ccc(-c3ccccn3)cc2)c2cccc(Br)c21. The van der Waals surface area contributed by atoms with Crippen LogP contribution in [0.3, 0.4) is 0 Å². The van der Waals surface area contributed by atoms with E-state index in [-0.39, 0.29) is 5.41 Å². The molecule has 0 spiro atoms. The summed E-state index contributed by atoms with van der Waals surface area (Å²) in [5, 5.41) is 0. The van der Waals surface area contributed by atoms with E-state index in [4.69, 9.17) is 0 Å². The molecule has 0 fully saturated rings. The Bertz CT molecular complexity index is 1330. The largest absolute Gasteiger partial charge is 0.310 e. The summed E-state index contributed by atoms with van der Waals surface area (Å²) in [7, 11) is 0. The van der Waals surface area contributed by atoms with Gasteiger partial charge in [0.15, 0.2) is 0 Å². The van der Waals surface area contributed by atoms with Gasteiger partial charge in [-0.05, 0) is 60.9 Å². The molecule has 0 aliphatic carbocycles. The summed E-state index contributed by atoms with van der Waals surface area (Å²) in [6.07, 6.45) is 14.5. The van der Waals surface area contributed by atoms with Crippen molar-refractivity contribution in [2.24, 2.45) is 0 Å². The van der Waals surface area contributed by atoms with E-state index in [9.17, 15) is 0 Å². The van der Waals surface area contributed by atoms with Crippen molar-refractivity contribution in [1.29, 1.82) is 0 Å². The lowest BCUT2D eigenvalue weighted by Crippen LogP contribution is -2.36. The van der Waals surface area contributed by atoms with Gasteiger partial charge in [0.05, 0.1) is 17.1 Å². The number of nitrogens with zero attached hydrogens (tertiary/aromatic N) is 2. The highest BCUT2D eigenvalue weighted by Gasteiger charge is 2.44. The van der Waals surface area contributed by atoms with Crippen molar-refractivity contribution in [3.05, 3.63) is 107 Å². The number of fused-ring (bicyclic) bond motifs is 2. The molecule has 0 N–H and O–H groups in total. The molecule has 0 saturated carbocycles. The molecule has 5 rings (SSSR count). The number of hydrogen-bond acceptors (Lipinski definition) is 2. The molecular formula is C36H41BrN2. The molecule has 0 saturated heterocycles. The molecule has 3 aromatic carbocycles. The minimum atomic E-state index is 0.0118. The second kappa shape index (κ2) is 13.0. The summed E-state index contributed by atoms with van der Waals surface area (Å²) in [5.74, 6) is 0. The first-order valence-corrected chi connectivity index (χ1v) is 15.7. The Hall–Kier alpha value is -2.91. The second-order valence-corrected chi connectivity index (χ2v) is 11.8. The number of rotatable bonds is 12. The van der Waals surface area contributed by atoms with E-state index in [0.29, 0.717) is 0 Å². The summed E-state index contributed by atoms with van der Waals surface area (Å²) >= 11 is 4.06. The minimum Gasteiger partial charge on any atom is -0.310 e. The van der Waals surface area contributed by atoms with Crippen molar-refractivity contribution >= 4 is 33.0 Å². The number of halogens is 1. The Balaban J connectivity index is 1.62. The van der Waals surface area contributed by atoms with Crippen LogP contribution in [0.2, 0.25) is 0 Å². The van der Waals surface area contributed by atoms with E-state index in [2.05, 4.69) is 112 Å². The summed E-state index contributed by atoms with van der Waals surface area (Å²) in [6, 6.07) is 31.0. The molecule has 1 aromatic heterocycles. The van der Waals surface area contributed by atoms with Crippen LogP contribution >= 0.6 is 15.9 Å². The lowest BCUT2D eigenvalue weighted by molar-refractivity contribution is 0.390. The molecule has 202 valence electrons. The molecule has 0 atom stereocenters. The van der Waals surface area contributed by atoms with E-state index in [1.54, 1.807) is 0 Å². The average molecular weight is 582 g/mol. The number of aromatic nitrogens is 1. The maximum absolute atomic E-state index is 4.56. The van der Waals surface area contributed by atoms with Crippen molar-refractivity contribution in [3.8, 4) is 11.3 Å². The lowest BCUT2D eigenvalue weighted by atomic mass is 9.65. The van der Waals surface area contributed by atoms with Gasteiger partial charge in [-0.3, -0.25) is 4.98 Å². The fourth-order valence-electron chi connectivity index (χ4n) is 6.45. The molecule has 0 unspecified atom stereocenters. The van der Waals surface area contributed by atoms with Gasteiger partial charge < -0.3 is 4.90 Å². The highest BCUT2D eigenvalue weighted by Crippen LogP contribution is 2.57. The molecule has 1 aliphatic heterocycles. The zero-order chi connectivity index (χ0) is 27.1. The Morgan fingerprint density at radius 2 is 1.33 bits per heavy atom.